The molecule has 0 radical (unpaired) electrons. The second kappa shape index (κ2) is 7.70. The van der Waals surface area contributed by atoms with Crippen LogP contribution in [0.4, 0.5) is 0 Å². The first-order chi connectivity index (χ1) is 11.5. The molecule has 0 saturated carbocycles. The molecule has 1 heterocycles. The first-order valence-electron chi connectivity index (χ1n) is 8.02. The highest BCUT2D eigenvalue weighted by Crippen LogP contribution is 2.41. The maximum Gasteiger partial charge on any atom is 0.353 e. The fourth-order valence-corrected chi connectivity index (χ4v) is 4.04. The Labute approximate surface area is 146 Å². The number of carbonyl (C=O) groups is 3. The normalized spacial score (nSPS) is 21.1. The van der Waals surface area contributed by atoms with Gasteiger partial charge in [0.15, 0.2) is 0 Å². The number of likely N-dealkylation sites (N-methyl/N-ethyl adjacent to an activating group) is 2. The average molecular weight is 350 g/mol. The zero-order valence-corrected chi connectivity index (χ0v) is 15.0. The number of piperazine rings is 1. The van der Waals surface area contributed by atoms with E-state index in [2.05, 4.69) is 0 Å². The number of rotatable bonds is 6. The van der Waals surface area contributed by atoms with Gasteiger partial charge in [0.1, 0.15) is 0 Å². The molecule has 0 aliphatic carbocycles. The molecule has 0 spiro atoms. The van der Waals surface area contributed by atoms with Crippen LogP contribution in [0, 0.1) is 0 Å². The van der Waals surface area contributed by atoms with E-state index in [9.17, 15) is 14.4 Å². The van der Waals surface area contributed by atoms with Crippen LogP contribution in [0.3, 0.4) is 0 Å². The van der Waals surface area contributed by atoms with E-state index in [4.69, 9.17) is 4.74 Å². The Morgan fingerprint density at radius 3 is 2.38 bits per heavy atom. The lowest BCUT2D eigenvalue weighted by atomic mass is 10.1. The summed E-state index contributed by atoms with van der Waals surface area (Å²) in [6.45, 7) is 5.96. The number of esters is 1. The van der Waals surface area contributed by atoms with Crippen molar-refractivity contribution in [3.63, 3.8) is 0 Å². The molecule has 24 heavy (non-hydrogen) atoms. The number of hydrogen-bond acceptors (Lipinski definition) is 5. The highest BCUT2D eigenvalue weighted by molar-refractivity contribution is 8.02. The van der Waals surface area contributed by atoms with Gasteiger partial charge in [0.25, 0.3) is 10.8 Å². The molecule has 2 amide bonds. The van der Waals surface area contributed by atoms with Crippen molar-refractivity contribution in [3.8, 4) is 0 Å². The lowest BCUT2D eigenvalue weighted by Crippen LogP contribution is -2.70. The van der Waals surface area contributed by atoms with Gasteiger partial charge in [0.05, 0.1) is 13.2 Å². The molecular weight excluding hydrogens is 328 g/mol. The first-order valence-corrected chi connectivity index (χ1v) is 8.83. The molecule has 1 aliphatic heterocycles. The molecule has 6 nitrogen and oxygen atoms in total. The van der Waals surface area contributed by atoms with Crippen LogP contribution >= 0.6 is 11.8 Å². The van der Waals surface area contributed by atoms with Gasteiger partial charge in [-0.1, -0.05) is 30.0 Å². The van der Waals surface area contributed by atoms with Crippen LogP contribution in [0.2, 0.25) is 0 Å². The largest absolute Gasteiger partial charge is 0.463 e. The molecule has 1 aromatic rings. The Kier molecular flexibility index (Phi) is 5.88. The van der Waals surface area contributed by atoms with Gasteiger partial charge in [-0.15, -0.1) is 0 Å². The Balaban J connectivity index is 2.57. The molecule has 7 heteroatoms. The number of carbonyl (C=O) groups excluding carboxylic acids is 3. The van der Waals surface area contributed by atoms with Crippen LogP contribution in [0.15, 0.2) is 35.2 Å². The monoisotopic (exact) mass is 350 g/mol. The van der Waals surface area contributed by atoms with Crippen molar-refractivity contribution >= 4 is 29.5 Å². The molecule has 130 valence electrons. The quantitative estimate of drug-likeness (QED) is 0.578. The summed E-state index contributed by atoms with van der Waals surface area (Å²) in [6, 6.07) is 9.11. The van der Waals surface area contributed by atoms with E-state index in [1.54, 1.807) is 20.8 Å². The second-order valence-electron chi connectivity index (χ2n) is 5.24. The van der Waals surface area contributed by atoms with Crippen LogP contribution in [0.5, 0.6) is 0 Å². The lowest BCUT2D eigenvalue weighted by Gasteiger charge is -2.46. The van der Waals surface area contributed by atoms with Gasteiger partial charge in [-0.25, -0.2) is 4.79 Å². The van der Waals surface area contributed by atoms with Gasteiger partial charge in [-0.2, -0.15) is 0 Å². The molecular formula is C17H22N2O4S. The maximum absolute atomic E-state index is 13.1. The summed E-state index contributed by atoms with van der Waals surface area (Å²) >= 11 is 1.06. The summed E-state index contributed by atoms with van der Waals surface area (Å²) in [4.78, 5) is 40.3. The van der Waals surface area contributed by atoms with Crippen LogP contribution in [0.25, 0.3) is 0 Å². The van der Waals surface area contributed by atoms with E-state index < -0.39 is 16.7 Å². The van der Waals surface area contributed by atoms with Gasteiger partial charge in [-0.3, -0.25) is 9.59 Å². The van der Waals surface area contributed by atoms with Gasteiger partial charge < -0.3 is 14.5 Å². The van der Waals surface area contributed by atoms with Crippen molar-refractivity contribution in [1.82, 2.24) is 9.80 Å². The number of hydrogen-bond donors (Lipinski definition) is 0. The van der Waals surface area contributed by atoms with E-state index >= 15 is 0 Å². The number of benzene rings is 1. The summed E-state index contributed by atoms with van der Waals surface area (Å²) in [7, 11) is 0. The smallest absolute Gasteiger partial charge is 0.353 e. The summed E-state index contributed by atoms with van der Waals surface area (Å²) < 4.78 is 5.20. The van der Waals surface area contributed by atoms with E-state index in [1.165, 1.54) is 9.80 Å². The summed E-state index contributed by atoms with van der Waals surface area (Å²) in [6.07, 6.45) is 0. The highest BCUT2D eigenvalue weighted by Gasteiger charge is 2.59. The van der Waals surface area contributed by atoms with Gasteiger partial charge in [-0.05, 0) is 32.9 Å². The van der Waals surface area contributed by atoms with E-state index in [0.29, 0.717) is 6.54 Å². The minimum atomic E-state index is -1.71. The molecule has 0 aromatic heterocycles. The Morgan fingerprint density at radius 2 is 1.83 bits per heavy atom. The zero-order valence-electron chi connectivity index (χ0n) is 14.2. The third kappa shape index (κ3) is 3.13. The van der Waals surface area contributed by atoms with Gasteiger partial charge in [0, 0.05) is 18.0 Å². The van der Waals surface area contributed by atoms with Crippen molar-refractivity contribution in [2.24, 2.45) is 0 Å². The predicted molar refractivity (Wildman–Crippen MR) is 91.3 cm³/mol. The Morgan fingerprint density at radius 1 is 1.17 bits per heavy atom. The number of nitrogens with zero attached hydrogens (tertiary/aromatic N) is 2. The Bertz CT molecular complexity index is 622. The minimum Gasteiger partial charge on any atom is -0.463 e. The van der Waals surface area contributed by atoms with Crippen molar-refractivity contribution in [2.75, 3.05) is 26.2 Å². The van der Waals surface area contributed by atoms with Crippen molar-refractivity contribution in [2.45, 2.75) is 30.5 Å². The van der Waals surface area contributed by atoms with E-state index in [0.717, 1.165) is 16.7 Å². The number of thioether (sulfide) groups is 1. The fraction of sp³-hybridized carbons (Fsp3) is 0.471. The third-order valence-corrected chi connectivity index (χ3v) is 5.21. The molecule has 1 atom stereocenters. The molecule has 0 bridgehead atoms. The van der Waals surface area contributed by atoms with E-state index in [-0.39, 0.29) is 25.6 Å². The first kappa shape index (κ1) is 18.3. The van der Waals surface area contributed by atoms with Crippen LogP contribution in [0.1, 0.15) is 20.8 Å². The molecule has 1 saturated heterocycles. The van der Waals surface area contributed by atoms with Crippen molar-refractivity contribution in [1.29, 1.82) is 0 Å². The van der Waals surface area contributed by atoms with Crippen LogP contribution in [-0.4, -0.2) is 58.7 Å². The molecule has 1 aromatic carbocycles. The summed E-state index contributed by atoms with van der Waals surface area (Å²) in [5, 5.41) is 0. The number of ether oxygens (including phenoxy) is 1. The molecule has 1 aliphatic rings. The van der Waals surface area contributed by atoms with Crippen LogP contribution < -0.4 is 0 Å². The van der Waals surface area contributed by atoms with Gasteiger partial charge in [0.2, 0.25) is 5.91 Å². The fourth-order valence-electron chi connectivity index (χ4n) is 2.71. The van der Waals surface area contributed by atoms with E-state index in [1.807, 2.05) is 30.3 Å². The zero-order chi connectivity index (χ0) is 17.7. The van der Waals surface area contributed by atoms with Crippen LogP contribution in [-0.2, 0) is 19.1 Å². The molecule has 2 rings (SSSR count). The minimum absolute atomic E-state index is 0.0142. The molecule has 0 N–H and O–H groups in total. The predicted octanol–water partition coefficient (Wildman–Crippen LogP) is 1.75. The topological polar surface area (TPSA) is 66.9 Å². The summed E-state index contributed by atoms with van der Waals surface area (Å²) in [5.74, 6) is -1.36. The number of amides is 2. The Hall–Kier alpha value is -2.02. The second-order valence-corrected chi connectivity index (χ2v) is 6.50. The lowest BCUT2D eigenvalue weighted by molar-refractivity contribution is -0.171. The highest BCUT2D eigenvalue weighted by atomic mass is 32.2. The SMILES string of the molecule is CCOC(=O)C1(Sc2ccccc2)C(=O)N(CC)CC(=O)N1CC. The molecule has 1 unspecified atom stereocenters. The average Bonchev–Trinajstić information content (AvgIpc) is 2.59. The van der Waals surface area contributed by atoms with Crippen molar-refractivity contribution in [3.05, 3.63) is 30.3 Å². The maximum atomic E-state index is 13.1. The van der Waals surface area contributed by atoms with Crippen molar-refractivity contribution < 1.29 is 19.1 Å². The third-order valence-electron chi connectivity index (χ3n) is 3.84. The summed E-state index contributed by atoms with van der Waals surface area (Å²) in [5.41, 5.74) is 0. The van der Waals surface area contributed by atoms with Gasteiger partial charge >= 0.3 is 5.97 Å². The molecule has 1 fully saturated rings. The standard InChI is InChI=1S/C17H22N2O4S/c1-4-18-12-14(20)19(5-2)17(15(18)21,16(22)23-6-3)24-13-10-8-7-9-11-13/h7-11H,4-6,12H2,1-3H3.